The van der Waals surface area contributed by atoms with Crippen molar-refractivity contribution >= 4 is 11.9 Å². The van der Waals surface area contributed by atoms with Gasteiger partial charge < -0.3 is 19.7 Å². The van der Waals surface area contributed by atoms with E-state index in [4.69, 9.17) is 9.47 Å². The first kappa shape index (κ1) is 18.0. The first-order valence-corrected chi connectivity index (χ1v) is 8.73. The molecule has 7 nitrogen and oxygen atoms in total. The summed E-state index contributed by atoms with van der Waals surface area (Å²) in [6.07, 6.45) is 4.03. The highest BCUT2D eigenvalue weighted by Crippen LogP contribution is 2.36. The van der Waals surface area contributed by atoms with Gasteiger partial charge in [-0.05, 0) is 31.5 Å². The topological polar surface area (TPSA) is 76.6 Å². The van der Waals surface area contributed by atoms with Gasteiger partial charge in [-0.1, -0.05) is 0 Å². The van der Waals surface area contributed by atoms with E-state index in [0.717, 1.165) is 30.0 Å². The molecule has 1 aliphatic rings. The molecule has 138 valence electrons. The second-order valence-electron chi connectivity index (χ2n) is 6.17. The van der Waals surface area contributed by atoms with Crippen molar-refractivity contribution in [3.05, 3.63) is 41.7 Å². The zero-order chi connectivity index (χ0) is 18.5. The Morgan fingerprint density at radius 3 is 2.69 bits per heavy atom. The fraction of sp³-hybridized carbons (Fsp3) is 0.421. The molecule has 2 aromatic rings. The van der Waals surface area contributed by atoms with Crippen LogP contribution in [0.1, 0.15) is 35.2 Å². The van der Waals surface area contributed by atoms with E-state index in [-0.39, 0.29) is 11.8 Å². The molecule has 0 bridgehead atoms. The summed E-state index contributed by atoms with van der Waals surface area (Å²) in [7, 11) is 3.31. The van der Waals surface area contributed by atoms with E-state index < -0.39 is 0 Å². The minimum absolute atomic E-state index is 0.0441. The largest absolute Gasteiger partial charge is 0.497 e. The molecule has 1 aromatic heterocycles. The summed E-state index contributed by atoms with van der Waals surface area (Å²) in [5.74, 6) is 2.31. The van der Waals surface area contributed by atoms with Crippen LogP contribution in [0, 0.1) is 0 Å². The Hall–Kier alpha value is -2.83. The number of rotatable bonds is 6. The molecule has 1 fully saturated rings. The number of hydrogen-bond donors (Lipinski definition) is 1. The van der Waals surface area contributed by atoms with Gasteiger partial charge in [-0.2, -0.15) is 0 Å². The van der Waals surface area contributed by atoms with E-state index in [1.807, 2.05) is 30.0 Å². The van der Waals surface area contributed by atoms with Crippen molar-refractivity contribution in [1.29, 1.82) is 0 Å². The van der Waals surface area contributed by atoms with Gasteiger partial charge >= 0.3 is 0 Å². The lowest BCUT2D eigenvalue weighted by atomic mass is 9.97. The normalized spacial score (nSPS) is 16.4. The number of aromatic nitrogens is 2. The van der Waals surface area contributed by atoms with E-state index >= 15 is 0 Å². The zero-order valence-corrected chi connectivity index (χ0v) is 15.4. The summed E-state index contributed by atoms with van der Waals surface area (Å²) in [4.78, 5) is 22.9. The SMILES string of the molecule is CCNc1ncc(C(=O)N2CCC(c3cc(OC)ccc3OC)C2)cn1. The lowest BCUT2D eigenvalue weighted by Crippen LogP contribution is -2.28. The number of benzene rings is 1. The van der Waals surface area contributed by atoms with Gasteiger partial charge in [-0.3, -0.25) is 4.79 Å². The molecule has 1 aromatic carbocycles. The number of nitrogens with zero attached hydrogens (tertiary/aromatic N) is 3. The summed E-state index contributed by atoms with van der Waals surface area (Å²) in [5.41, 5.74) is 1.57. The van der Waals surface area contributed by atoms with Crippen LogP contribution in [0.5, 0.6) is 11.5 Å². The smallest absolute Gasteiger partial charge is 0.257 e. The van der Waals surface area contributed by atoms with Crippen LogP contribution in [0.25, 0.3) is 0 Å². The number of carbonyl (C=O) groups excluding carboxylic acids is 1. The van der Waals surface area contributed by atoms with Crippen molar-refractivity contribution in [2.45, 2.75) is 19.3 Å². The summed E-state index contributed by atoms with van der Waals surface area (Å²) in [5, 5.41) is 3.02. The van der Waals surface area contributed by atoms with Gasteiger partial charge in [-0.15, -0.1) is 0 Å². The molecule has 2 heterocycles. The van der Waals surface area contributed by atoms with E-state index in [2.05, 4.69) is 15.3 Å². The molecule has 0 saturated carbocycles. The maximum absolute atomic E-state index is 12.7. The summed E-state index contributed by atoms with van der Waals surface area (Å²) in [6.45, 7) is 4.04. The number of hydrogen-bond acceptors (Lipinski definition) is 6. The van der Waals surface area contributed by atoms with Crippen molar-refractivity contribution in [3.8, 4) is 11.5 Å². The van der Waals surface area contributed by atoms with E-state index in [1.165, 1.54) is 0 Å². The van der Waals surface area contributed by atoms with Gasteiger partial charge in [0.25, 0.3) is 5.91 Å². The maximum Gasteiger partial charge on any atom is 0.257 e. The molecule has 1 aliphatic heterocycles. The number of ether oxygens (including phenoxy) is 2. The van der Waals surface area contributed by atoms with Crippen molar-refractivity contribution < 1.29 is 14.3 Å². The second kappa shape index (κ2) is 8.03. The molecule has 0 radical (unpaired) electrons. The predicted molar refractivity (Wildman–Crippen MR) is 99.0 cm³/mol. The third-order valence-corrected chi connectivity index (χ3v) is 4.59. The Morgan fingerprint density at radius 1 is 1.27 bits per heavy atom. The summed E-state index contributed by atoms with van der Waals surface area (Å²) in [6, 6.07) is 5.78. The summed E-state index contributed by atoms with van der Waals surface area (Å²) >= 11 is 0. The number of likely N-dealkylation sites (tertiary alicyclic amines) is 1. The monoisotopic (exact) mass is 356 g/mol. The number of carbonyl (C=O) groups is 1. The molecule has 7 heteroatoms. The predicted octanol–water partition coefficient (Wildman–Crippen LogP) is 2.56. The second-order valence-corrected chi connectivity index (χ2v) is 6.17. The zero-order valence-electron chi connectivity index (χ0n) is 15.4. The van der Waals surface area contributed by atoms with Gasteiger partial charge in [0.05, 0.1) is 19.8 Å². The average molecular weight is 356 g/mol. The van der Waals surface area contributed by atoms with Crippen LogP contribution in [-0.2, 0) is 0 Å². The van der Waals surface area contributed by atoms with Gasteiger partial charge in [-0.25, -0.2) is 9.97 Å². The fourth-order valence-corrected chi connectivity index (χ4v) is 3.23. The van der Waals surface area contributed by atoms with Crippen LogP contribution < -0.4 is 14.8 Å². The molecular formula is C19H24N4O3. The molecule has 1 unspecified atom stereocenters. The van der Waals surface area contributed by atoms with Crippen molar-refractivity contribution in [3.63, 3.8) is 0 Å². The standard InChI is InChI=1S/C19H24N4O3/c1-4-20-19-21-10-14(11-22-19)18(24)23-8-7-13(12-23)16-9-15(25-2)5-6-17(16)26-3/h5-6,9-11,13H,4,7-8,12H2,1-3H3,(H,20,21,22). The Balaban J connectivity index is 1.73. The van der Waals surface area contributed by atoms with Crippen LogP contribution in [0.2, 0.25) is 0 Å². The minimum Gasteiger partial charge on any atom is -0.497 e. The van der Waals surface area contributed by atoms with Gasteiger partial charge in [0.1, 0.15) is 11.5 Å². The Bertz CT molecular complexity index is 764. The van der Waals surface area contributed by atoms with Gasteiger partial charge in [0, 0.05) is 43.5 Å². The third-order valence-electron chi connectivity index (χ3n) is 4.59. The van der Waals surface area contributed by atoms with E-state index in [1.54, 1.807) is 26.6 Å². The lowest BCUT2D eigenvalue weighted by Gasteiger charge is -2.18. The summed E-state index contributed by atoms with van der Waals surface area (Å²) < 4.78 is 10.8. The van der Waals surface area contributed by atoms with Crippen molar-refractivity contribution in [2.24, 2.45) is 0 Å². The quantitative estimate of drug-likeness (QED) is 0.857. The molecule has 3 rings (SSSR count). The van der Waals surface area contributed by atoms with E-state index in [9.17, 15) is 4.79 Å². The molecule has 1 saturated heterocycles. The first-order valence-electron chi connectivity index (χ1n) is 8.73. The number of anilines is 1. The number of amides is 1. The van der Waals surface area contributed by atoms with Crippen molar-refractivity contribution in [2.75, 3.05) is 39.2 Å². The van der Waals surface area contributed by atoms with Crippen LogP contribution in [-0.4, -0.2) is 54.6 Å². The van der Waals surface area contributed by atoms with Crippen molar-refractivity contribution in [1.82, 2.24) is 14.9 Å². The number of methoxy groups -OCH3 is 2. The van der Waals surface area contributed by atoms with Crippen LogP contribution in [0.3, 0.4) is 0 Å². The molecule has 1 amide bonds. The lowest BCUT2D eigenvalue weighted by molar-refractivity contribution is 0.0790. The Labute approximate surface area is 153 Å². The highest BCUT2D eigenvalue weighted by atomic mass is 16.5. The van der Waals surface area contributed by atoms with Crippen LogP contribution in [0.4, 0.5) is 5.95 Å². The first-order chi connectivity index (χ1) is 12.7. The maximum atomic E-state index is 12.7. The van der Waals surface area contributed by atoms with Gasteiger partial charge in [0.15, 0.2) is 0 Å². The Morgan fingerprint density at radius 2 is 2.04 bits per heavy atom. The molecular weight excluding hydrogens is 332 g/mol. The molecule has 26 heavy (non-hydrogen) atoms. The van der Waals surface area contributed by atoms with E-state index in [0.29, 0.717) is 24.6 Å². The average Bonchev–Trinajstić information content (AvgIpc) is 3.17. The van der Waals surface area contributed by atoms with Gasteiger partial charge in [0.2, 0.25) is 5.95 Å². The third kappa shape index (κ3) is 3.71. The fourth-order valence-electron chi connectivity index (χ4n) is 3.23. The highest BCUT2D eigenvalue weighted by Gasteiger charge is 2.30. The molecule has 1 atom stereocenters. The van der Waals surface area contributed by atoms with Crippen LogP contribution in [0.15, 0.2) is 30.6 Å². The molecule has 0 spiro atoms. The Kier molecular flexibility index (Phi) is 5.55. The molecule has 0 aliphatic carbocycles. The highest BCUT2D eigenvalue weighted by molar-refractivity contribution is 5.94. The molecule has 1 N–H and O–H groups in total. The minimum atomic E-state index is -0.0441. The van der Waals surface area contributed by atoms with Crippen LogP contribution >= 0.6 is 0 Å². The number of nitrogens with one attached hydrogen (secondary N) is 1.